The molecule has 2 N–H and O–H groups in total. The van der Waals surface area contributed by atoms with E-state index in [0.717, 1.165) is 11.1 Å². The molecule has 162 valence electrons. The second kappa shape index (κ2) is 10.4. The average Bonchev–Trinajstić information content (AvgIpc) is 2.76. The van der Waals surface area contributed by atoms with E-state index in [-0.39, 0.29) is 5.75 Å². The Balaban J connectivity index is 1.63. The zero-order valence-electron chi connectivity index (χ0n) is 17.4. The lowest BCUT2D eigenvalue weighted by Crippen LogP contribution is -2.32. The number of carbonyl (C=O) groups is 3. The standard InChI is InChI=1S/C24H20ClN3O4/c1-15-10-11-20(16(2)12-15)27-22(29)23(30)28-26-14-18-6-3-4-9-21(18)32-24(31)17-7-5-8-19(25)13-17/h3-14H,1-2H3,(H,27,29)(H,28,30). The third-order valence-electron chi connectivity index (χ3n) is 4.39. The summed E-state index contributed by atoms with van der Waals surface area (Å²) in [5, 5.41) is 6.75. The molecule has 0 aromatic heterocycles. The Morgan fingerprint density at radius 1 is 0.938 bits per heavy atom. The van der Waals surface area contributed by atoms with Gasteiger partial charge in [0.2, 0.25) is 0 Å². The maximum absolute atomic E-state index is 12.4. The molecule has 0 heterocycles. The number of hydrogen-bond donors (Lipinski definition) is 2. The molecule has 2 amide bonds. The van der Waals surface area contributed by atoms with Crippen molar-refractivity contribution in [3.8, 4) is 5.75 Å². The molecule has 32 heavy (non-hydrogen) atoms. The number of hydrogen-bond acceptors (Lipinski definition) is 5. The summed E-state index contributed by atoms with van der Waals surface area (Å²) in [6, 6.07) is 18.5. The summed E-state index contributed by atoms with van der Waals surface area (Å²) in [5.74, 6) is -2.15. The van der Waals surface area contributed by atoms with Crippen LogP contribution in [0, 0.1) is 13.8 Å². The first kappa shape index (κ1) is 22.7. The third-order valence-corrected chi connectivity index (χ3v) is 4.62. The normalized spacial score (nSPS) is 10.6. The van der Waals surface area contributed by atoms with Crippen LogP contribution in [0.1, 0.15) is 27.0 Å². The summed E-state index contributed by atoms with van der Waals surface area (Å²) >= 11 is 5.91. The van der Waals surface area contributed by atoms with Gasteiger partial charge in [-0.05, 0) is 55.8 Å². The summed E-state index contributed by atoms with van der Waals surface area (Å²) in [5.41, 5.74) is 5.31. The number of hydrazone groups is 1. The maximum atomic E-state index is 12.4. The lowest BCUT2D eigenvalue weighted by molar-refractivity contribution is -0.136. The average molecular weight is 450 g/mol. The van der Waals surface area contributed by atoms with Gasteiger partial charge in [0.15, 0.2) is 0 Å². The van der Waals surface area contributed by atoms with Crippen LogP contribution in [0.3, 0.4) is 0 Å². The highest BCUT2D eigenvalue weighted by atomic mass is 35.5. The molecule has 3 aromatic rings. The minimum atomic E-state index is -0.936. The summed E-state index contributed by atoms with van der Waals surface area (Å²) in [4.78, 5) is 36.5. The van der Waals surface area contributed by atoms with Gasteiger partial charge in [-0.25, -0.2) is 10.2 Å². The lowest BCUT2D eigenvalue weighted by atomic mass is 10.1. The molecule has 0 aliphatic rings. The SMILES string of the molecule is Cc1ccc(NC(=O)C(=O)NN=Cc2ccccc2OC(=O)c2cccc(Cl)c2)c(C)c1. The Bertz CT molecular complexity index is 1210. The zero-order chi connectivity index (χ0) is 23.1. The first-order valence-electron chi connectivity index (χ1n) is 9.62. The van der Waals surface area contributed by atoms with Crippen molar-refractivity contribution in [1.82, 2.24) is 5.43 Å². The number of benzene rings is 3. The molecule has 0 aliphatic carbocycles. The van der Waals surface area contributed by atoms with Crippen LogP contribution in [0.5, 0.6) is 5.75 Å². The summed E-state index contributed by atoms with van der Waals surface area (Å²) in [6.45, 7) is 3.77. The monoisotopic (exact) mass is 449 g/mol. The van der Waals surface area contributed by atoms with Crippen molar-refractivity contribution >= 4 is 41.3 Å². The van der Waals surface area contributed by atoms with Crippen molar-refractivity contribution in [2.45, 2.75) is 13.8 Å². The van der Waals surface area contributed by atoms with Crippen LogP contribution >= 0.6 is 11.6 Å². The van der Waals surface area contributed by atoms with Crippen LogP contribution in [-0.2, 0) is 9.59 Å². The van der Waals surface area contributed by atoms with E-state index in [4.69, 9.17) is 16.3 Å². The van der Waals surface area contributed by atoms with Crippen molar-refractivity contribution in [2.24, 2.45) is 5.10 Å². The largest absolute Gasteiger partial charge is 0.422 e. The van der Waals surface area contributed by atoms with Gasteiger partial charge in [0.1, 0.15) is 5.75 Å². The molecule has 0 spiro atoms. The molecule has 0 saturated carbocycles. The molecule has 0 fully saturated rings. The van der Waals surface area contributed by atoms with E-state index in [0.29, 0.717) is 21.8 Å². The minimum absolute atomic E-state index is 0.232. The molecule has 0 radical (unpaired) electrons. The van der Waals surface area contributed by atoms with Gasteiger partial charge in [0.25, 0.3) is 0 Å². The fraction of sp³-hybridized carbons (Fsp3) is 0.0833. The van der Waals surface area contributed by atoms with E-state index in [1.54, 1.807) is 48.5 Å². The second-order valence-electron chi connectivity index (χ2n) is 6.91. The number of rotatable bonds is 5. The number of ether oxygens (including phenoxy) is 1. The topological polar surface area (TPSA) is 96.9 Å². The number of esters is 1. The molecule has 7 nitrogen and oxygen atoms in total. The van der Waals surface area contributed by atoms with Crippen LogP contribution in [-0.4, -0.2) is 24.0 Å². The van der Waals surface area contributed by atoms with E-state index < -0.39 is 17.8 Å². The molecule has 0 unspecified atom stereocenters. The van der Waals surface area contributed by atoms with Gasteiger partial charge in [-0.1, -0.05) is 47.5 Å². The lowest BCUT2D eigenvalue weighted by Gasteiger charge is -2.08. The smallest absolute Gasteiger partial charge is 0.343 e. The number of aryl methyl sites for hydroxylation is 2. The number of halogens is 1. The molecule has 0 bridgehead atoms. The fourth-order valence-electron chi connectivity index (χ4n) is 2.80. The molecular formula is C24H20ClN3O4. The van der Waals surface area contributed by atoms with Crippen LogP contribution < -0.4 is 15.5 Å². The number of nitrogens with one attached hydrogen (secondary N) is 2. The van der Waals surface area contributed by atoms with E-state index in [1.165, 1.54) is 12.3 Å². The van der Waals surface area contributed by atoms with Gasteiger partial charge in [-0.3, -0.25) is 9.59 Å². The molecule has 8 heteroatoms. The number of para-hydroxylation sites is 1. The highest BCUT2D eigenvalue weighted by Gasteiger charge is 2.15. The summed E-state index contributed by atoms with van der Waals surface area (Å²) < 4.78 is 5.41. The number of carbonyl (C=O) groups excluding carboxylic acids is 3. The summed E-state index contributed by atoms with van der Waals surface area (Å²) in [7, 11) is 0. The van der Waals surface area contributed by atoms with E-state index in [9.17, 15) is 14.4 Å². The molecule has 0 saturated heterocycles. The van der Waals surface area contributed by atoms with Crippen LogP contribution in [0.2, 0.25) is 5.02 Å². The van der Waals surface area contributed by atoms with Gasteiger partial charge < -0.3 is 10.1 Å². The molecule has 3 rings (SSSR count). The zero-order valence-corrected chi connectivity index (χ0v) is 18.1. The highest BCUT2D eigenvalue weighted by molar-refractivity contribution is 6.39. The number of anilines is 1. The van der Waals surface area contributed by atoms with Gasteiger partial charge in [0.05, 0.1) is 11.8 Å². The van der Waals surface area contributed by atoms with Gasteiger partial charge in [-0.2, -0.15) is 5.10 Å². The quantitative estimate of drug-likeness (QED) is 0.200. The van der Waals surface area contributed by atoms with E-state index in [2.05, 4.69) is 15.8 Å². The van der Waals surface area contributed by atoms with Crippen LogP contribution in [0.25, 0.3) is 0 Å². The predicted octanol–water partition coefficient (Wildman–Crippen LogP) is 4.26. The van der Waals surface area contributed by atoms with Crippen molar-refractivity contribution < 1.29 is 19.1 Å². The van der Waals surface area contributed by atoms with E-state index >= 15 is 0 Å². The Morgan fingerprint density at radius 3 is 2.47 bits per heavy atom. The van der Waals surface area contributed by atoms with Crippen molar-refractivity contribution in [3.63, 3.8) is 0 Å². The molecular weight excluding hydrogens is 430 g/mol. The summed E-state index contributed by atoms with van der Waals surface area (Å²) in [6.07, 6.45) is 1.28. The highest BCUT2D eigenvalue weighted by Crippen LogP contribution is 2.19. The van der Waals surface area contributed by atoms with Gasteiger partial charge in [0, 0.05) is 16.3 Å². The Labute approximate surface area is 190 Å². The first-order chi connectivity index (χ1) is 15.3. The van der Waals surface area contributed by atoms with Gasteiger partial charge in [-0.15, -0.1) is 0 Å². The fourth-order valence-corrected chi connectivity index (χ4v) is 2.99. The second-order valence-corrected chi connectivity index (χ2v) is 7.35. The Hall–Kier alpha value is -3.97. The number of nitrogens with zero attached hydrogens (tertiary/aromatic N) is 1. The third kappa shape index (κ3) is 6.02. The minimum Gasteiger partial charge on any atom is -0.422 e. The Morgan fingerprint density at radius 2 is 1.72 bits per heavy atom. The first-order valence-corrected chi connectivity index (χ1v) is 9.99. The Kier molecular flexibility index (Phi) is 7.36. The number of amides is 2. The maximum Gasteiger partial charge on any atom is 0.343 e. The van der Waals surface area contributed by atoms with Crippen LogP contribution in [0.15, 0.2) is 71.8 Å². The van der Waals surface area contributed by atoms with Crippen molar-refractivity contribution in [3.05, 3.63) is 94.0 Å². The molecule has 3 aromatic carbocycles. The van der Waals surface area contributed by atoms with Crippen molar-refractivity contribution in [2.75, 3.05) is 5.32 Å². The molecule has 0 atom stereocenters. The predicted molar refractivity (Wildman–Crippen MR) is 123 cm³/mol. The van der Waals surface area contributed by atoms with Crippen LogP contribution in [0.4, 0.5) is 5.69 Å². The molecule has 0 aliphatic heterocycles. The van der Waals surface area contributed by atoms with E-state index in [1.807, 2.05) is 26.0 Å². The van der Waals surface area contributed by atoms with Gasteiger partial charge >= 0.3 is 17.8 Å². The van der Waals surface area contributed by atoms with Crippen molar-refractivity contribution in [1.29, 1.82) is 0 Å².